The van der Waals surface area contributed by atoms with Gasteiger partial charge in [0.05, 0.1) is 11.4 Å². The van der Waals surface area contributed by atoms with Crippen molar-refractivity contribution in [3.8, 4) is 10.8 Å². The Labute approximate surface area is 170 Å². The summed E-state index contributed by atoms with van der Waals surface area (Å²) in [6, 6.07) is 17.6. The lowest BCUT2D eigenvalue weighted by Crippen LogP contribution is -2.17. The van der Waals surface area contributed by atoms with E-state index in [4.69, 9.17) is 0 Å². The van der Waals surface area contributed by atoms with Crippen LogP contribution in [0.4, 0.5) is 11.4 Å². The summed E-state index contributed by atoms with van der Waals surface area (Å²) in [5, 5.41) is 7.82. The van der Waals surface area contributed by atoms with Crippen LogP contribution in [0.2, 0.25) is 0 Å². The van der Waals surface area contributed by atoms with Crippen molar-refractivity contribution in [1.29, 1.82) is 0 Å². The first-order valence-corrected chi connectivity index (χ1v) is 9.58. The monoisotopic (exact) mass is 401 g/mol. The van der Waals surface area contributed by atoms with Gasteiger partial charge in [-0.05, 0) is 30.3 Å². The number of anilines is 2. The number of nitrogens with zero attached hydrogens (tertiary/aromatic N) is 3. The van der Waals surface area contributed by atoms with Gasteiger partial charge in [-0.25, -0.2) is 15.0 Å². The summed E-state index contributed by atoms with van der Waals surface area (Å²) in [5.74, 6) is -0.179. The molecule has 0 saturated heterocycles. The third kappa shape index (κ3) is 4.33. The second kappa shape index (κ2) is 8.41. The van der Waals surface area contributed by atoms with Crippen LogP contribution in [0.25, 0.3) is 10.8 Å². The Morgan fingerprint density at radius 2 is 1.38 bits per heavy atom. The summed E-state index contributed by atoms with van der Waals surface area (Å²) in [7, 11) is 0. The molecule has 7 nitrogen and oxygen atoms in total. The molecule has 0 radical (unpaired) electrons. The van der Waals surface area contributed by atoms with Crippen LogP contribution in [0, 0.1) is 0 Å². The van der Waals surface area contributed by atoms with E-state index in [2.05, 4.69) is 25.6 Å². The van der Waals surface area contributed by atoms with Gasteiger partial charge in [-0.1, -0.05) is 30.3 Å². The molecular weight excluding hydrogens is 386 g/mol. The third-order valence-corrected chi connectivity index (χ3v) is 4.79. The van der Waals surface area contributed by atoms with Gasteiger partial charge >= 0.3 is 0 Å². The molecule has 0 spiro atoms. The molecule has 2 N–H and O–H groups in total. The SMILES string of the molecule is O=C(Nc1ccccc1NC(=O)c1csc(-c2ncccn2)n1)c1ccccc1. The first-order chi connectivity index (χ1) is 14.2. The fourth-order valence-electron chi connectivity index (χ4n) is 2.56. The Morgan fingerprint density at radius 1 is 0.759 bits per heavy atom. The minimum atomic E-state index is -0.384. The highest BCUT2D eigenvalue weighted by molar-refractivity contribution is 7.13. The number of para-hydroxylation sites is 2. The molecular formula is C21H15N5O2S. The van der Waals surface area contributed by atoms with E-state index >= 15 is 0 Å². The number of nitrogens with one attached hydrogen (secondary N) is 2. The molecule has 0 aliphatic carbocycles. The Balaban J connectivity index is 1.51. The number of hydrogen-bond acceptors (Lipinski definition) is 6. The van der Waals surface area contributed by atoms with E-state index in [-0.39, 0.29) is 17.5 Å². The van der Waals surface area contributed by atoms with E-state index in [0.29, 0.717) is 27.8 Å². The zero-order valence-electron chi connectivity index (χ0n) is 15.1. The van der Waals surface area contributed by atoms with Crippen molar-refractivity contribution < 1.29 is 9.59 Å². The van der Waals surface area contributed by atoms with E-state index < -0.39 is 0 Å². The predicted molar refractivity (Wildman–Crippen MR) is 112 cm³/mol. The van der Waals surface area contributed by atoms with Crippen LogP contribution >= 0.6 is 11.3 Å². The van der Waals surface area contributed by atoms with Gasteiger partial charge in [-0.15, -0.1) is 11.3 Å². The summed E-state index contributed by atoms with van der Waals surface area (Å²) in [6.07, 6.45) is 3.24. The maximum Gasteiger partial charge on any atom is 0.275 e. The molecule has 8 heteroatoms. The Kier molecular flexibility index (Phi) is 5.35. The van der Waals surface area contributed by atoms with Crippen LogP contribution in [0.5, 0.6) is 0 Å². The third-order valence-electron chi connectivity index (χ3n) is 3.95. The lowest BCUT2D eigenvalue weighted by atomic mass is 10.2. The van der Waals surface area contributed by atoms with E-state index in [0.717, 1.165) is 0 Å². The fraction of sp³-hybridized carbons (Fsp3) is 0. The van der Waals surface area contributed by atoms with Gasteiger partial charge in [0.25, 0.3) is 11.8 Å². The topological polar surface area (TPSA) is 96.9 Å². The molecule has 2 amide bonds. The number of benzene rings is 2. The number of carbonyl (C=O) groups is 2. The number of hydrogen-bond donors (Lipinski definition) is 2. The summed E-state index contributed by atoms with van der Waals surface area (Å²) in [6.45, 7) is 0. The van der Waals surface area contributed by atoms with E-state index in [1.807, 2.05) is 6.07 Å². The average molecular weight is 401 g/mol. The van der Waals surface area contributed by atoms with Crippen LogP contribution in [0.15, 0.2) is 78.4 Å². The Morgan fingerprint density at radius 3 is 2.07 bits per heavy atom. The van der Waals surface area contributed by atoms with Crippen molar-refractivity contribution >= 4 is 34.5 Å². The van der Waals surface area contributed by atoms with Gasteiger partial charge in [0.15, 0.2) is 10.8 Å². The number of carbonyl (C=O) groups excluding carboxylic acids is 2. The van der Waals surface area contributed by atoms with Crippen molar-refractivity contribution in [3.05, 3.63) is 89.7 Å². The van der Waals surface area contributed by atoms with Crippen molar-refractivity contribution in [1.82, 2.24) is 15.0 Å². The lowest BCUT2D eigenvalue weighted by molar-refractivity contribution is 0.101. The highest BCUT2D eigenvalue weighted by atomic mass is 32.1. The lowest BCUT2D eigenvalue weighted by Gasteiger charge is -2.11. The van der Waals surface area contributed by atoms with Crippen molar-refractivity contribution in [2.45, 2.75) is 0 Å². The zero-order valence-corrected chi connectivity index (χ0v) is 15.9. The molecule has 0 atom stereocenters. The Hall–Kier alpha value is -3.91. The van der Waals surface area contributed by atoms with Crippen molar-refractivity contribution in [2.24, 2.45) is 0 Å². The van der Waals surface area contributed by atoms with Gasteiger partial charge in [0, 0.05) is 23.3 Å². The largest absolute Gasteiger partial charge is 0.320 e. The average Bonchev–Trinajstić information content (AvgIpc) is 3.27. The summed E-state index contributed by atoms with van der Waals surface area (Å²) in [4.78, 5) is 37.7. The van der Waals surface area contributed by atoms with Gasteiger partial charge < -0.3 is 10.6 Å². The fourth-order valence-corrected chi connectivity index (χ4v) is 3.31. The second-order valence-electron chi connectivity index (χ2n) is 5.93. The molecule has 4 aromatic rings. The summed E-state index contributed by atoms with van der Waals surface area (Å²) in [5.41, 5.74) is 1.76. The summed E-state index contributed by atoms with van der Waals surface area (Å²) < 4.78 is 0. The minimum absolute atomic E-state index is 0.252. The normalized spacial score (nSPS) is 10.3. The maximum absolute atomic E-state index is 12.6. The maximum atomic E-state index is 12.6. The van der Waals surface area contributed by atoms with Gasteiger partial charge in [0.1, 0.15) is 5.69 Å². The molecule has 29 heavy (non-hydrogen) atoms. The minimum Gasteiger partial charge on any atom is -0.320 e. The standard InChI is InChI=1S/C21H15N5O2S/c27-19(14-7-2-1-3-8-14)24-15-9-4-5-10-16(15)25-20(28)17-13-29-21(26-17)18-22-11-6-12-23-18/h1-13H,(H,24,27)(H,25,28). The number of rotatable bonds is 5. The first kappa shape index (κ1) is 18.5. The molecule has 0 saturated carbocycles. The molecule has 2 heterocycles. The molecule has 0 aliphatic rings. The van der Waals surface area contributed by atoms with Gasteiger partial charge in [-0.2, -0.15) is 0 Å². The Bertz CT molecular complexity index is 1150. The van der Waals surface area contributed by atoms with E-state index in [1.165, 1.54) is 11.3 Å². The predicted octanol–water partition coefficient (Wildman–Crippen LogP) is 4.10. The molecule has 2 aromatic heterocycles. The van der Waals surface area contributed by atoms with E-state index in [9.17, 15) is 9.59 Å². The second-order valence-corrected chi connectivity index (χ2v) is 6.79. The molecule has 0 aliphatic heterocycles. The zero-order chi connectivity index (χ0) is 20.1. The van der Waals surface area contributed by atoms with Gasteiger partial charge in [-0.3, -0.25) is 9.59 Å². The highest BCUT2D eigenvalue weighted by Gasteiger charge is 2.15. The van der Waals surface area contributed by atoms with Crippen LogP contribution < -0.4 is 10.6 Å². The summed E-state index contributed by atoms with van der Waals surface area (Å²) >= 11 is 1.29. The number of amides is 2. The molecule has 0 unspecified atom stereocenters. The van der Waals surface area contributed by atoms with Crippen molar-refractivity contribution in [2.75, 3.05) is 10.6 Å². The van der Waals surface area contributed by atoms with Crippen LogP contribution in [0.3, 0.4) is 0 Å². The van der Waals surface area contributed by atoms with Crippen LogP contribution in [-0.2, 0) is 0 Å². The highest BCUT2D eigenvalue weighted by Crippen LogP contribution is 2.24. The van der Waals surface area contributed by atoms with Crippen LogP contribution in [0.1, 0.15) is 20.8 Å². The van der Waals surface area contributed by atoms with Crippen LogP contribution in [-0.4, -0.2) is 26.8 Å². The first-order valence-electron chi connectivity index (χ1n) is 8.70. The van der Waals surface area contributed by atoms with Crippen molar-refractivity contribution in [3.63, 3.8) is 0 Å². The molecule has 142 valence electrons. The smallest absolute Gasteiger partial charge is 0.275 e. The number of aromatic nitrogens is 3. The molecule has 4 rings (SSSR count). The quantitative estimate of drug-likeness (QED) is 0.525. The molecule has 2 aromatic carbocycles. The number of thiazole rings is 1. The molecule has 0 fully saturated rings. The van der Waals surface area contributed by atoms with E-state index in [1.54, 1.807) is 72.4 Å². The van der Waals surface area contributed by atoms with Gasteiger partial charge in [0.2, 0.25) is 0 Å². The molecule has 0 bridgehead atoms.